The van der Waals surface area contributed by atoms with Gasteiger partial charge in [-0.2, -0.15) is 0 Å². The number of aromatic nitrogens is 1. The average Bonchev–Trinajstić information content (AvgIpc) is 3.90. The molecule has 6 aromatic carbocycles. The lowest BCUT2D eigenvalue weighted by atomic mass is 9.82. The first kappa shape index (κ1) is 29.0. The number of benzene rings is 6. The second-order valence-corrected chi connectivity index (χ2v) is 14.5. The Morgan fingerprint density at radius 3 is 2.47 bits per heavy atom. The van der Waals surface area contributed by atoms with Crippen molar-refractivity contribution < 1.29 is 9.15 Å². The molecule has 0 bridgehead atoms. The van der Waals surface area contributed by atoms with Crippen molar-refractivity contribution in [3.05, 3.63) is 180 Å². The van der Waals surface area contributed by atoms with Crippen LogP contribution in [0.1, 0.15) is 18.4 Å². The second-order valence-electron chi connectivity index (χ2n) is 14.5. The van der Waals surface area contributed by atoms with Crippen LogP contribution in [0.4, 0.5) is 5.69 Å². The molecule has 4 heterocycles. The third-order valence-electron chi connectivity index (χ3n) is 11.7. The van der Waals surface area contributed by atoms with Crippen molar-refractivity contribution in [2.24, 2.45) is 5.92 Å². The number of hydrogen-bond donors (Lipinski definition) is 0. The number of allylic oxidation sites excluding steroid dienone is 5. The molecule has 4 nitrogen and oxygen atoms in total. The van der Waals surface area contributed by atoms with Gasteiger partial charge in [-0.1, -0.05) is 115 Å². The van der Waals surface area contributed by atoms with E-state index in [0.29, 0.717) is 0 Å². The highest BCUT2D eigenvalue weighted by atomic mass is 16.5. The topological polar surface area (TPSA) is 38.5 Å². The summed E-state index contributed by atoms with van der Waals surface area (Å²) in [4.78, 5) is 7.76. The molecule has 2 unspecified atom stereocenters. The number of ether oxygens (including phenoxy) is 1. The number of para-hydroxylation sites is 2. The predicted molar refractivity (Wildman–Crippen MR) is 216 cm³/mol. The summed E-state index contributed by atoms with van der Waals surface area (Å²) in [5, 5.41) is 5.68. The smallest absolute Gasteiger partial charge is 0.159 e. The Labute approximate surface area is 306 Å². The Bertz CT molecular complexity index is 3000. The van der Waals surface area contributed by atoms with Crippen LogP contribution in [-0.4, -0.2) is 11.1 Å². The summed E-state index contributed by atoms with van der Waals surface area (Å²) >= 11 is 0. The zero-order valence-corrected chi connectivity index (χ0v) is 28.8. The van der Waals surface area contributed by atoms with Crippen LogP contribution in [0, 0.1) is 5.92 Å². The van der Waals surface area contributed by atoms with Gasteiger partial charge in [0.05, 0.1) is 22.8 Å². The molecule has 4 aliphatic rings. The first-order valence-electron chi connectivity index (χ1n) is 18.5. The molecule has 250 valence electrons. The molecule has 53 heavy (non-hydrogen) atoms. The lowest BCUT2D eigenvalue weighted by Gasteiger charge is -2.30. The minimum absolute atomic E-state index is 0.0425. The summed E-state index contributed by atoms with van der Waals surface area (Å²) in [6, 6.07) is 47.4. The highest BCUT2D eigenvalue weighted by Crippen LogP contribution is 2.55. The molecular formula is C49H32N2O2. The van der Waals surface area contributed by atoms with E-state index in [-0.39, 0.29) is 12.0 Å². The molecule has 8 aromatic rings. The SMILES string of the molecule is C1=CC2=C(CC1)N(c1cccc3c1oc1cc(-c4ccc5ccc6ccc(-c7ccccc7)cc6c5n4)ccc13)C1=CC=C3c4ccccc4OC3C12. The van der Waals surface area contributed by atoms with Crippen LogP contribution in [0.15, 0.2) is 179 Å². The quantitative estimate of drug-likeness (QED) is 0.174. The number of pyridine rings is 1. The predicted octanol–water partition coefficient (Wildman–Crippen LogP) is 12.4. The maximum absolute atomic E-state index is 6.89. The Morgan fingerprint density at radius 2 is 1.51 bits per heavy atom. The van der Waals surface area contributed by atoms with Crippen LogP contribution in [0.5, 0.6) is 5.75 Å². The molecule has 2 aliphatic heterocycles. The summed E-state index contributed by atoms with van der Waals surface area (Å²) < 4.78 is 13.6. The van der Waals surface area contributed by atoms with Crippen LogP contribution >= 0.6 is 0 Å². The Balaban J connectivity index is 0.977. The molecule has 12 rings (SSSR count). The van der Waals surface area contributed by atoms with Crippen molar-refractivity contribution in [2.45, 2.75) is 18.9 Å². The number of nitrogens with zero attached hydrogens (tertiary/aromatic N) is 2. The number of anilines is 1. The van der Waals surface area contributed by atoms with Crippen molar-refractivity contribution in [3.63, 3.8) is 0 Å². The fraction of sp³-hybridized carbons (Fsp3) is 0.0816. The molecule has 0 amide bonds. The molecule has 2 aliphatic carbocycles. The molecule has 0 spiro atoms. The van der Waals surface area contributed by atoms with Gasteiger partial charge in [-0.05, 0) is 77.4 Å². The van der Waals surface area contributed by atoms with Crippen molar-refractivity contribution in [3.8, 4) is 28.1 Å². The van der Waals surface area contributed by atoms with E-state index in [1.54, 1.807) is 0 Å². The Kier molecular flexibility index (Phi) is 5.98. The van der Waals surface area contributed by atoms with E-state index in [4.69, 9.17) is 14.1 Å². The van der Waals surface area contributed by atoms with Crippen LogP contribution < -0.4 is 9.64 Å². The van der Waals surface area contributed by atoms with Crippen LogP contribution in [0.3, 0.4) is 0 Å². The molecule has 0 N–H and O–H groups in total. The minimum Gasteiger partial charge on any atom is -0.484 e. The van der Waals surface area contributed by atoms with Crippen LogP contribution in [-0.2, 0) is 0 Å². The van der Waals surface area contributed by atoms with Crippen molar-refractivity contribution >= 4 is 54.9 Å². The summed E-state index contributed by atoms with van der Waals surface area (Å²) in [5.74, 6) is 1.10. The summed E-state index contributed by atoms with van der Waals surface area (Å²) in [7, 11) is 0. The first-order valence-corrected chi connectivity index (χ1v) is 18.5. The molecule has 0 fully saturated rings. The fourth-order valence-corrected chi connectivity index (χ4v) is 9.20. The number of furan rings is 1. The zero-order valence-electron chi connectivity index (χ0n) is 28.8. The molecule has 2 aromatic heterocycles. The molecular weight excluding hydrogens is 649 g/mol. The van der Waals surface area contributed by atoms with Gasteiger partial charge in [-0.3, -0.25) is 0 Å². The van der Waals surface area contributed by atoms with Gasteiger partial charge in [0, 0.05) is 49.6 Å². The standard InChI is InChI=1S/C49H32N2O2/c1-2-9-29(10-3-1)32-20-18-30-17-19-31-22-25-40(50-47(31)39(30)27-32)33-21-23-35-36-13-8-15-43(48(36)53-45(35)28-33)51-41-14-6-4-12-38(41)46-42(51)26-24-37-34-11-5-7-16-44(34)52-49(37)46/h1-5,7-13,15-28,46,49H,6,14H2. The van der Waals surface area contributed by atoms with E-state index >= 15 is 0 Å². The minimum atomic E-state index is -0.0425. The van der Waals surface area contributed by atoms with Gasteiger partial charge >= 0.3 is 0 Å². The maximum atomic E-state index is 6.89. The monoisotopic (exact) mass is 680 g/mol. The van der Waals surface area contributed by atoms with Crippen molar-refractivity contribution in [1.82, 2.24) is 4.98 Å². The number of rotatable bonds is 3. The van der Waals surface area contributed by atoms with Gasteiger partial charge in [-0.25, -0.2) is 4.98 Å². The third kappa shape index (κ3) is 4.21. The summed E-state index contributed by atoms with van der Waals surface area (Å²) in [6.07, 6.45) is 11.2. The van der Waals surface area contributed by atoms with Gasteiger partial charge < -0.3 is 14.1 Å². The Morgan fingerprint density at radius 1 is 0.660 bits per heavy atom. The van der Waals surface area contributed by atoms with E-state index in [1.165, 1.54) is 44.6 Å². The number of fused-ring (bicyclic) bond motifs is 12. The first-order chi connectivity index (χ1) is 26.3. The molecule has 0 saturated carbocycles. The fourth-order valence-electron chi connectivity index (χ4n) is 9.20. The van der Waals surface area contributed by atoms with Gasteiger partial charge in [-0.15, -0.1) is 0 Å². The molecule has 2 atom stereocenters. The zero-order chi connectivity index (χ0) is 34.6. The lowest BCUT2D eigenvalue weighted by molar-refractivity contribution is 0.240. The molecule has 4 heteroatoms. The van der Waals surface area contributed by atoms with Crippen molar-refractivity contribution in [2.75, 3.05) is 4.90 Å². The van der Waals surface area contributed by atoms with E-state index in [9.17, 15) is 0 Å². The third-order valence-corrected chi connectivity index (χ3v) is 11.7. The highest BCUT2D eigenvalue weighted by molar-refractivity contribution is 6.11. The average molecular weight is 681 g/mol. The van der Waals surface area contributed by atoms with E-state index in [1.807, 2.05) is 0 Å². The van der Waals surface area contributed by atoms with E-state index in [2.05, 4.69) is 163 Å². The Hall–Kier alpha value is -6.65. The van der Waals surface area contributed by atoms with Crippen LogP contribution in [0.2, 0.25) is 0 Å². The summed E-state index contributed by atoms with van der Waals surface area (Å²) in [5.41, 5.74) is 14.6. The van der Waals surface area contributed by atoms with E-state index < -0.39 is 0 Å². The van der Waals surface area contributed by atoms with Gasteiger partial charge in [0.25, 0.3) is 0 Å². The van der Waals surface area contributed by atoms with E-state index in [0.717, 1.165) is 73.8 Å². The van der Waals surface area contributed by atoms with Gasteiger partial charge in [0.1, 0.15) is 17.4 Å². The van der Waals surface area contributed by atoms with Crippen molar-refractivity contribution in [1.29, 1.82) is 0 Å². The molecule has 0 saturated heterocycles. The lowest BCUT2D eigenvalue weighted by Crippen LogP contribution is -2.30. The highest BCUT2D eigenvalue weighted by Gasteiger charge is 2.47. The second kappa shape index (κ2) is 10.9. The normalized spacial score (nSPS) is 18.6. The maximum Gasteiger partial charge on any atom is 0.159 e. The number of hydrogen-bond acceptors (Lipinski definition) is 4. The largest absolute Gasteiger partial charge is 0.484 e. The van der Waals surface area contributed by atoms with Gasteiger partial charge in [0.2, 0.25) is 0 Å². The molecule has 0 radical (unpaired) electrons. The van der Waals surface area contributed by atoms with Gasteiger partial charge in [0.15, 0.2) is 5.58 Å². The van der Waals surface area contributed by atoms with Crippen LogP contribution in [0.25, 0.3) is 71.6 Å². The summed E-state index contributed by atoms with van der Waals surface area (Å²) in [6.45, 7) is 0.